The average molecular weight is 292 g/mol. The number of amides is 1. The second-order valence-corrected chi connectivity index (χ2v) is 6.67. The summed E-state index contributed by atoms with van der Waals surface area (Å²) in [7, 11) is 0. The van der Waals surface area contributed by atoms with Gasteiger partial charge in [0.25, 0.3) is 0 Å². The molecule has 6 nitrogen and oxygen atoms in total. The third-order valence-corrected chi connectivity index (χ3v) is 4.75. The van der Waals surface area contributed by atoms with Gasteiger partial charge in [0.2, 0.25) is 5.91 Å². The molecule has 2 aliphatic heterocycles. The van der Waals surface area contributed by atoms with Crippen LogP contribution in [0, 0.1) is 5.92 Å². The van der Waals surface area contributed by atoms with Crippen molar-refractivity contribution in [2.75, 3.05) is 19.6 Å². The molecule has 0 saturated carbocycles. The second-order valence-electron chi connectivity index (χ2n) is 6.67. The molecule has 0 aromatic carbocycles. The van der Waals surface area contributed by atoms with E-state index in [-0.39, 0.29) is 24.0 Å². The summed E-state index contributed by atoms with van der Waals surface area (Å²) in [5, 5.41) is 17.0. The largest absolute Gasteiger partial charge is 0.392 e. The van der Waals surface area contributed by atoms with Crippen molar-refractivity contribution in [3.8, 4) is 0 Å². The van der Waals surface area contributed by atoms with E-state index >= 15 is 0 Å². The molecule has 0 spiro atoms. The lowest BCUT2D eigenvalue weighted by atomic mass is 9.90. The van der Waals surface area contributed by atoms with E-state index in [1.807, 2.05) is 9.58 Å². The number of piperazine rings is 1. The zero-order chi connectivity index (χ0) is 15.0. The van der Waals surface area contributed by atoms with Crippen molar-refractivity contribution in [3.63, 3.8) is 0 Å². The van der Waals surface area contributed by atoms with Gasteiger partial charge < -0.3 is 15.3 Å². The first-order valence-corrected chi connectivity index (χ1v) is 7.69. The summed E-state index contributed by atoms with van der Waals surface area (Å²) in [6.45, 7) is 7.46. The van der Waals surface area contributed by atoms with Gasteiger partial charge in [0, 0.05) is 55.3 Å². The summed E-state index contributed by atoms with van der Waals surface area (Å²) in [5.41, 5.74) is 1.74. The highest BCUT2D eigenvalue weighted by Gasteiger charge is 2.38. The number of aliphatic hydroxyl groups excluding tert-OH is 1. The van der Waals surface area contributed by atoms with Crippen LogP contribution in [0.3, 0.4) is 0 Å². The molecular weight excluding hydrogens is 268 g/mol. The Morgan fingerprint density at radius 3 is 3.05 bits per heavy atom. The number of hydrogen-bond donors (Lipinski definition) is 2. The molecule has 3 heterocycles. The topological polar surface area (TPSA) is 70.4 Å². The molecule has 2 N–H and O–H groups in total. The van der Waals surface area contributed by atoms with E-state index in [9.17, 15) is 9.90 Å². The van der Waals surface area contributed by atoms with Crippen LogP contribution < -0.4 is 5.32 Å². The molecule has 2 aliphatic rings. The second kappa shape index (κ2) is 5.42. The molecule has 1 aromatic heterocycles. The Morgan fingerprint density at radius 2 is 2.33 bits per heavy atom. The van der Waals surface area contributed by atoms with Gasteiger partial charge in [-0.2, -0.15) is 5.10 Å². The Labute approximate surface area is 125 Å². The summed E-state index contributed by atoms with van der Waals surface area (Å²) in [6, 6.07) is 0. The van der Waals surface area contributed by atoms with Crippen LogP contribution in [0.5, 0.6) is 0 Å². The summed E-state index contributed by atoms with van der Waals surface area (Å²) in [4.78, 5) is 14.9. The predicted octanol–water partition coefficient (Wildman–Crippen LogP) is 0.148. The zero-order valence-corrected chi connectivity index (χ0v) is 12.8. The SMILES string of the molecule is CC1(C)CNCCN1C(=O)C1CCn2ncc(CO)c2C1. The van der Waals surface area contributed by atoms with Crippen LogP contribution in [0.4, 0.5) is 0 Å². The van der Waals surface area contributed by atoms with Gasteiger partial charge in [-0.25, -0.2) is 0 Å². The molecule has 6 heteroatoms. The van der Waals surface area contributed by atoms with E-state index in [1.165, 1.54) is 0 Å². The van der Waals surface area contributed by atoms with Gasteiger partial charge in [0.05, 0.1) is 12.8 Å². The van der Waals surface area contributed by atoms with Crippen LogP contribution in [-0.4, -0.2) is 50.9 Å². The Morgan fingerprint density at radius 1 is 1.52 bits per heavy atom. The van der Waals surface area contributed by atoms with Crippen molar-refractivity contribution in [3.05, 3.63) is 17.5 Å². The van der Waals surface area contributed by atoms with Crippen molar-refractivity contribution < 1.29 is 9.90 Å². The molecule has 1 atom stereocenters. The molecule has 1 saturated heterocycles. The van der Waals surface area contributed by atoms with Gasteiger partial charge in [-0.15, -0.1) is 0 Å². The number of aliphatic hydroxyl groups is 1. The molecule has 116 valence electrons. The Hall–Kier alpha value is -1.40. The van der Waals surface area contributed by atoms with Crippen molar-refractivity contribution in [1.82, 2.24) is 20.0 Å². The number of nitrogens with one attached hydrogen (secondary N) is 1. The maximum absolute atomic E-state index is 12.9. The molecule has 0 aliphatic carbocycles. The molecule has 1 amide bonds. The van der Waals surface area contributed by atoms with E-state index < -0.39 is 0 Å². The quantitative estimate of drug-likeness (QED) is 0.814. The van der Waals surface area contributed by atoms with Crippen LogP contribution in [0.25, 0.3) is 0 Å². The Kier molecular flexibility index (Phi) is 3.75. The van der Waals surface area contributed by atoms with Crippen molar-refractivity contribution in [2.45, 2.75) is 45.4 Å². The number of hydrogen-bond acceptors (Lipinski definition) is 4. The van der Waals surface area contributed by atoms with Crippen LogP contribution in [0.2, 0.25) is 0 Å². The van der Waals surface area contributed by atoms with Crippen LogP contribution >= 0.6 is 0 Å². The fraction of sp³-hybridized carbons (Fsp3) is 0.733. The summed E-state index contributed by atoms with van der Waals surface area (Å²) in [5.74, 6) is 0.259. The standard InChI is InChI=1S/C15H24N4O2/c1-15(2)10-16-4-6-18(15)14(21)11-3-5-19-13(7-11)12(9-20)8-17-19/h8,11,16,20H,3-7,9-10H2,1-2H3. The highest BCUT2D eigenvalue weighted by Crippen LogP contribution is 2.27. The minimum atomic E-state index is -0.132. The van der Waals surface area contributed by atoms with Gasteiger partial charge in [0.1, 0.15) is 0 Å². The minimum Gasteiger partial charge on any atom is -0.392 e. The van der Waals surface area contributed by atoms with Gasteiger partial charge in [-0.05, 0) is 20.3 Å². The molecule has 1 fully saturated rings. The van der Waals surface area contributed by atoms with E-state index in [1.54, 1.807) is 6.20 Å². The van der Waals surface area contributed by atoms with E-state index in [2.05, 4.69) is 24.3 Å². The monoisotopic (exact) mass is 292 g/mol. The van der Waals surface area contributed by atoms with Crippen molar-refractivity contribution >= 4 is 5.91 Å². The molecule has 3 rings (SSSR count). The smallest absolute Gasteiger partial charge is 0.226 e. The molecule has 21 heavy (non-hydrogen) atoms. The maximum Gasteiger partial charge on any atom is 0.226 e. The van der Waals surface area contributed by atoms with E-state index in [0.29, 0.717) is 6.42 Å². The third-order valence-electron chi connectivity index (χ3n) is 4.75. The maximum atomic E-state index is 12.9. The van der Waals surface area contributed by atoms with Crippen molar-refractivity contribution in [1.29, 1.82) is 0 Å². The number of aromatic nitrogens is 2. The number of carbonyl (C=O) groups excluding carboxylic acids is 1. The number of rotatable bonds is 2. The molecular formula is C15H24N4O2. The first kappa shape index (κ1) is 14.5. The highest BCUT2D eigenvalue weighted by atomic mass is 16.3. The van der Waals surface area contributed by atoms with Crippen LogP contribution in [0.15, 0.2) is 6.20 Å². The Bertz CT molecular complexity index is 524. The van der Waals surface area contributed by atoms with Gasteiger partial charge >= 0.3 is 0 Å². The zero-order valence-electron chi connectivity index (χ0n) is 12.8. The average Bonchev–Trinajstić information content (AvgIpc) is 2.88. The van der Waals surface area contributed by atoms with Gasteiger partial charge in [-0.3, -0.25) is 9.48 Å². The molecule has 1 aromatic rings. The first-order valence-electron chi connectivity index (χ1n) is 7.69. The predicted molar refractivity (Wildman–Crippen MR) is 78.6 cm³/mol. The third kappa shape index (κ3) is 2.58. The fourth-order valence-electron chi connectivity index (χ4n) is 3.45. The summed E-state index contributed by atoms with van der Waals surface area (Å²) >= 11 is 0. The number of carbonyl (C=O) groups is 1. The summed E-state index contributed by atoms with van der Waals surface area (Å²) in [6.07, 6.45) is 3.24. The number of nitrogens with zero attached hydrogens (tertiary/aromatic N) is 3. The minimum absolute atomic E-state index is 0.00459. The normalized spacial score (nSPS) is 24.7. The van der Waals surface area contributed by atoms with Crippen LogP contribution in [0.1, 0.15) is 31.5 Å². The highest BCUT2D eigenvalue weighted by molar-refractivity contribution is 5.80. The Balaban J connectivity index is 1.77. The number of aryl methyl sites for hydroxylation is 1. The van der Waals surface area contributed by atoms with Gasteiger partial charge in [0.15, 0.2) is 0 Å². The lowest BCUT2D eigenvalue weighted by Crippen LogP contribution is -2.61. The molecule has 0 radical (unpaired) electrons. The van der Waals surface area contributed by atoms with Crippen molar-refractivity contribution in [2.24, 2.45) is 5.92 Å². The number of fused-ring (bicyclic) bond motifs is 1. The summed E-state index contributed by atoms with van der Waals surface area (Å²) < 4.78 is 1.93. The van der Waals surface area contributed by atoms with E-state index in [0.717, 1.165) is 43.9 Å². The molecule has 0 bridgehead atoms. The lowest BCUT2D eigenvalue weighted by molar-refractivity contribution is -0.142. The lowest BCUT2D eigenvalue weighted by Gasteiger charge is -2.44. The van der Waals surface area contributed by atoms with Crippen LogP contribution in [-0.2, 0) is 24.4 Å². The first-order chi connectivity index (χ1) is 10.0. The molecule has 1 unspecified atom stereocenters. The van der Waals surface area contributed by atoms with Gasteiger partial charge in [-0.1, -0.05) is 0 Å². The van der Waals surface area contributed by atoms with E-state index in [4.69, 9.17) is 0 Å². The fourth-order valence-corrected chi connectivity index (χ4v) is 3.45.